The Morgan fingerprint density at radius 2 is 2.11 bits per heavy atom. The SMILES string of the molecule is C[C@@H](CNC(=O)c1cscn1)c1c(Cl)cccc1Cl. The third-order valence-electron chi connectivity index (χ3n) is 2.73. The van der Waals surface area contributed by atoms with E-state index in [9.17, 15) is 4.79 Å². The number of carbonyl (C=O) groups is 1. The molecule has 3 nitrogen and oxygen atoms in total. The van der Waals surface area contributed by atoms with Gasteiger partial charge in [0.15, 0.2) is 0 Å². The number of nitrogens with one attached hydrogen (secondary N) is 1. The molecule has 0 aliphatic heterocycles. The lowest BCUT2D eigenvalue weighted by Crippen LogP contribution is -2.27. The van der Waals surface area contributed by atoms with E-state index in [0.717, 1.165) is 5.56 Å². The first kappa shape index (κ1) is 14.3. The van der Waals surface area contributed by atoms with Gasteiger partial charge in [-0.25, -0.2) is 4.98 Å². The topological polar surface area (TPSA) is 42.0 Å². The van der Waals surface area contributed by atoms with Crippen LogP contribution in [0.1, 0.15) is 28.9 Å². The Kier molecular flexibility index (Phi) is 4.80. The summed E-state index contributed by atoms with van der Waals surface area (Å²) < 4.78 is 0. The van der Waals surface area contributed by atoms with Crippen LogP contribution in [-0.2, 0) is 0 Å². The van der Waals surface area contributed by atoms with Crippen LogP contribution < -0.4 is 5.32 Å². The zero-order chi connectivity index (χ0) is 13.8. The summed E-state index contributed by atoms with van der Waals surface area (Å²) in [5.74, 6) is -0.153. The van der Waals surface area contributed by atoms with Gasteiger partial charge in [-0.2, -0.15) is 0 Å². The third kappa shape index (κ3) is 3.47. The smallest absolute Gasteiger partial charge is 0.270 e. The zero-order valence-electron chi connectivity index (χ0n) is 10.2. The van der Waals surface area contributed by atoms with Crippen molar-refractivity contribution < 1.29 is 4.79 Å². The Bertz CT molecular complexity index is 552. The predicted molar refractivity (Wildman–Crippen MR) is 79.3 cm³/mol. The first-order chi connectivity index (χ1) is 9.09. The minimum Gasteiger partial charge on any atom is -0.350 e. The summed E-state index contributed by atoms with van der Waals surface area (Å²) in [6.07, 6.45) is 0. The van der Waals surface area contributed by atoms with Crippen molar-refractivity contribution in [1.82, 2.24) is 10.3 Å². The van der Waals surface area contributed by atoms with Crippen molar-refractivity contribution in [2.24, 2.45) is 0 Å². The van der Waals surface area contributed by atoms with E-state index in [1.165, 1.54) is 11.3 Å². The van der Waals surface area contributed by atoms with E-state index in [2.05, 4.69) is 10.3 Å². The normalized spacial score (nSPS) is 12.2. The van der Waals surface area contributed by atoms with Crippen LogP contribution in [0.4, 0.5) is 0 Å². The van der Waals surface area contributed by atoms with Crippen LogP contribution in [0.5, 0.6) is 0 Å². The van der Waals surface area contributed by atoms with Gasteiger partial charge in [0.25, 0.3) is 5.91 Å². The van der Waals surface area contributed by atoms with E-state index in [1.54, 1.807) is 29.1 Å². The van der Waals surface area contributed by atoms with Gasteiger partial charge < -0.3 is 5.32 Å². The van der Waals surface area contributed by atoms with Crippen molar-refractivity contribution in [3.05, 3.63) is 50.4 Å². The molecule has 1 N–H and O–H groups in total. The molecular weight excluding hydrogens is 303 g/mol. The van der Waals surface area contributed by atoms with Crippen molar-refractivity contribution in [2.45, 2.75) is 12.8 Å². The molecule has 0 fully saturated rings. The fraction of sp³-hybridized carbons (Fsp3) is 0.231. The molecule has 19 heavy (non-hydrogen) atoms. The summed E-state index contributed by atoms with van der Waals surface area (Å²) in [6, 6.07) is 5.39. The Balaban J connectivity index is 2.02. The summed E-state index contributed by atoms with van der Waals surface area (Å²) in [5, 5.41) is 5.76. The standard InChI is InChI=1S/C13H12Cl2N2OS/c1-8(12-9(14)3-2-4-10(12)15)5-16-13(18)11-6-19-7-17-11/h2-4,6-8H,5H2,1H3,(H,16,18)/t8-/m0/s1. The zero-order valence-corrected chi connectivity index (χ0v) is 12.5. The minimum absolute atomic E-state index is 0.0313. The van der Waals surface area contributed by atoms with E-state index in [1.807, 2.05) is 6.92 Å². The molecule has 1 heterocycles. The number of benzene rings is 1. The molecule has 2 aromatic rings. The molecule has 0 saturated carbocycles. The molecule has 0 saturated heterocycles. The highest BCUT2D eigenvalue weighted by Crippen LogP contribution is 2.30. The van der Waals surface area contributed by atoms with Gasteiger partial charge in [-0.05, 0) is 17.7 Å². The molecule has 0 bridgehead atoms. The highest BCUT2D eigenvalue weighted by molar-refractivity contribution is 7.07. The van der Waals surface area contributed by atoms with Crippen molar-refractivity contribution in [3.8, 4) is 0 Å². The number of carbonyl (C=O) groups excluding carboxylic acids is 1. The second kappa shape index (κ2) is 6.37. The number of halogens is 2. The van der Waals surface area contributed by atoms with Gasteiger partial charge >= 0.3 is 0 Å². The summed E-state index contributed by atoms with van der Waals surface area (Å²) >= 11 is 13.7. The van der Waals surface area contributed by atoms with Crippen molar-refractivity contribution in [2.75, 3.05) is 6.54 Å². The van der Waals surface area contributed by atoms with Gasteiger partial charge in [0.1, 0.15) is 5.69 Å². The molecule has 0 spiro atoms. The second-order valence-electron chi connectivity index (χ2n) is 4.12. The van der Waals surface area contributed by atoms with Crippen molar-refractivity contribution >= 4 is 40.4 Å². The predicted octanol–water partition coefficient (Wildman–Crippen LogP) is 3.98. The fourth-order valence-electron chi connectivity index (χ4n) is 1.74. The van der Waals surface area contributed by atoms with E-state index in [0.29, 0.717) is 22.3 Å². The lowest BCUT2D eigenvalue weighted by atomic mass is 10.0. The highest BCUT2D eigenvalue weighted by Gasteiger charge is 2.15. The van der Waals surface area contributed by atoms with E-state index in [-0.39, 0.29) is 11.8 Å². The number of thiazole rings is 1. The minimum atomic E-state index is -0.184. The fourth-order valence-corrected chi connectivity index (χ4v) is 3.05. The molecule has 100 valence electrons. The van der Waals surface area contributed by atoms with Crippen LogP contribution in [0, 0.1) is 0 Å². The lowest BCUT2D eigenvalue weighted by Gasteiger charge is -2.15. The molecule has 2 rings (SSSR count). The Hall–Kier alpha value is -1.10. The monoisotopic (exact) mass is 314 g/mol. The van der Waals surface area contributed by atoms with Gasteiger partial charge in [-0.15, -0.1) is 11.3 Å². The van der Waals surface area contributed by atoms with E-state index in [4.69, 9.17) is 23.2 Å². The van der Waals surface area contributed by atoms with Gasteiger partial charge in [-0.3, -0.25) is 4.79 Å². The number of hydrogen-bond donors (Lipinski definition) is 1. The van der Waals surface area contributed by atoms with Gasteiger partial charge in [0, 0.05) is 27.9 Å². The Labute approximate surface area is 125 Å². The number of nitrogens with zero attached hydrogens (tertiary/aromatic N) is 1. The molecule has 1 aromatic carbocycles. The first-order valence-electron chi connectivity index (χ1n) is 5.70. The van der Waals surface area contributed by atoms with E-state index >= 15 is 0 Å². The summed E-state index contributed by atoms with van der Waals surface area (Å²) in [5.41, 5.74) is 2.91. The number of rotatable bonds is 4. The van der Waals surface area contributed by atoms with Gasteiger partial charge in [0.05, 0.1) is 5.51 Å². The largest absolute Gasteiger partial charge is 0.350 e. The van der Waals surface area contributed by atoms with Crippen LogP contribution in [0.2, 0.25) is 10.0 Å². The summed E-state index contributed by atoms with van der Waals surface area (Å²) in [4.78, 5) is 15.7. The molecule has 6 heteroatoms. The molecule has 0 aliphatic carbocycles. The molecule has 1 aromatic heterocycles. The third-order valence-corrected chi connectivity index (χ3v) is 3.97. The Morgan fingerprint density at radius 3 is 2.68 bits per heavy atom. The van der Waals surface area contributed by atoms with Crippen LogP contribution in [0.15, 0.2) is 29.1 Å². The molecule has 0 aliphatic rings. The van der Waals surface area contributed by atoms with Crippen LogP contribution in [-0.4, -0.2) is 17.4 Å². The molecular formula is C13H12Cl2N2OS. The van der Waals surface area contributed by atoms with Crippen molar-refractivity contribution in [3.63, 3.8) is 0 Å². The number of amides is 1. The average Bonchev–Trinajstić information content (AvgIpc) is 2.89. The summed E-state index contributed by atoms with van der Waals surface area (Å²) in [6.45, 7) is 2.42. The van der Waals surface area contributed by atoms with Crippen LogP contribution in [0.3, 0.4) is 0 Å². The average molecular weight is 315 g/mol. The maximum absolute atomic E-state index is 11.8. The lowest BCUT2D eigenvalue weighted by molar-refractivity contribution is 0.0947. The number of hydrogen-bond acceptors (Lipinski definition) is 3. The number of aromatic nitrogens is 1. The molecule has 1 atom stereocenters. The van der Waals surface area contributed by atoms with Crippen molar-refractivity contribution in [1.29, 1.82) is 0 Å². The second-order valence-corrected chi connectivity index (χ2v) is 5.65. The van der Waals surface area contributed by atoms with Crippen LogP contribution in [0.25, 0.3) is 0 Å². The highest BCUT2D eigenvalue weighted by atomic mass is 35.5. The molecule has 1 amide bonds. The molecule has 0 radical (unpaired) electrons. The summed E-state index contributed by atoms with van der Waals surface area (Å²) in [7, 11) is 0. The Morgan fingerprint density at radius 1 is 1.42 bits per heavy atom. The quantitative estimate of drug-likeness (QED) is 0.927. The molecule has 0 unspecified atom stereocenters. The van der Waals surface area contributed by atoms with Gasteiger partial charge in [0.2, 0.25) is 0 Å². The maximum Gasteiger partial charge on any atom is 0.270 e. The first-order valence-corrected chi connectivity index (χ1v) is 7.39. The van der Waals surface area contributed by atoms with Gasteiger partial charge in [-0.1, -0.05) is 36.2 Å². The van der Waals surface area contributed by atoms with E-state index < -0.39 is 0 Å². The van der Waals surface area contributed by atoms with Crippen LogP contribution >= 0.6 is 34.5 Å². The maximum atomic E-state index is 11.8.